The van der Waals surface area contributed by atoms with Gasteiger partial charge in [-0.1, -0.05) is 23.8 Å². The molecule has 1 amide bonds. The van der Waals surface area contributed by atoms with Crippen LogP contribution in [0, 0.1) is 12.7 Å². The van der Waals surface area contributed by atoms with Crippen molar-refractivity contribution >= 4 is 23.2 Å². The number of benzene rings is 2. The van der Waals surface area contributed by atoms with E-state index in [0.717, 1.165) is 11.1 Å². The second-order valence-corrected chi connectivity index (χ2v) is 4.54. The normalized spacial score (nSPS) is 10.3. The topological polar surface area (TPSA) is 29.1 Å². The van der Waals surface area contributed by atoms with Gasteiger partial charge in [-0.25, -0.2) is 4.39 Å². The number of carbonyl (C=O) groups is 1. The van der Waals surface area contributed by atoms with Crippen LogP contribution in [0.4, 0.5) is 10.1 Å². The lowest BCUT2D eigenvalue weighted by Gasteiger charge is -2.08. The predicted molar refractivity (Wildman–Crippen MR) is 75.1 cm³/mol. The number of carbonyl (C=O) groups excluding carboxylic acids is 1. The van der Waals surface area contributed by atoms with Gasteiger partial charge in [0, 0.05) is 11.6 Å². The van der Waals surface area contributed by atoms with Crippen LogP contribution in [0.1, 0.15) is 21.5 Å². The van der Waals surface area contributed by atoms with Crippen molar-refractivity contribution in [3.05, 3.63) is 65.0 Å². The van der Waals surface area contributed by atoms with Crippen molar-refractivity contribution in [2.24, 2.45) is 0 Å². The number of anilines is 1. The molecule has 0 spiro atoms. The Hall–Kier alpha value is -1.87. The van der Waals surface area contributed by atoms with Crippen molar-refractivity contribution in [2.75, 3.05) is 5.32 Å². The molecule has 0 radical (unpaired) electrons. The number of hydrogen-bond donors (Lipinski definition) is 1. The molecule has 2 rings (SSSR count). The molecular formula is C15H13ClFNO. The van der Waals surface area contributed by atoms with Crippen LogP contribution in [0.3, 0.4) is 0 Å². The Balaban J connectivity index is 2.23. The Morgan fingerprint density at radius 2 is 2.05 bits per heavy atom. The molecule has 4 heteroatoms. The summed E-state index contributed by atoms with van der Waals surface area (Å²) in [6.45, 7) is 1.81. The minimum absolute atomic E-state index is 0.0382. The fourth-order valence-corrected chi connectivity index (χ4v) is 1.91. The molecule has 0 aliphatic carbocycles. The van der Waals surface area contributed by atoms with Crippen molar-refractivity contribution < 1.29 is 9.18 Å². The van der Waals surface area contributed by atoms with Crippen molar-refractivity contribution in [1.29, 1.82) is 0 Å². The zero-order chi connectivity index (χ0) is 13.8. The van der Waals surface area contributed by atoms with Gasteiger partial charge in [-0.15, -0.1) is 11.6 Å². The van der Waals surface area contributed by atoms with E-state index in [-0.39, 0.29) is 5.56 Å². The van der Waals surface area contributed by atoms with Crippen molar-refractivity contribution in [3.63, 3.8) is 0 Å². The summed E-state index contributed by atoms with van der Waals surface area (Å²) < 4.78 is 13.6. The minimum Gasteiger partial charge on any atom is -0.322 e. The number of aryl methyl sites for hydroxylation is 1. The molecule has 0 fully saturated rings. The second-order valence-electron chi connectivity index (χ2n) is 4.27. The number of nitrogens with one attached hydrogen (secondary N) is 1. The third-order valence-electron chi connectivity index (χ3n) is 2.71. The average Bonchev–Trinajstić information content (AvgIpc) is 2.41. The Morgan fingerprint density at radius 1 is 1.26 bits per heavy atom. The maximum atomic E-state index is 13.6. The molecule has 2 aromatic carbocycles. The molecule has 2 nitrogen and oxygen atoms in total. The molecule has 2 aromatic rings. The predicted octanol–water partition coefficient (Wildman–Crippen LogP) is 4.13. The van der Waals surface area contributed by atoms with Crippen molar-refractivity contribution in [3.8, 4) is 0 Å². The van der Waals surface area contributed by atoms with Crippen LogP contribution in [-0.2, 0) is 5.88 Å². The second kappa shape index (κ2) is 5.85. The summed E-state index contributed by atoms with van der Waals surface area (Å²) in [5.74, 6) is -0.632. The number of alkyl halides is 1. The molecule has 0 aliphatic heterocycles. The fourth-order valence-electron chi connectivity index (χ4n) is 1.74. The highest BCUT2D eigenvalue weighted by Crippen LogP contribution is 2.16. The summed E-state index contributed by atoms with van der Waals surface area (Å²) in [7, 11) is 0. The molecule has 1 N–H and O–H groups in total. The first-order valence-corrected chi connectivity index (χ1v) is 6.36. The largest absolute Gasteiger partial charge is 0.322 e. The van der Waals surface area contributed by atoms with Crippen LogP contribution in [0.2, 0.25) is 0 Å². The van der Waals surface area contributed by atoms with E-state index < -0.39 is 11.7 Å². The first-order valence-electron chi connectivity index (χ1n) is 5.82. The maximum Gasteiger partial charge on any atom is 0.258 e. The van der Waals surface area contributed by atoms with Crippen LogP contribution in [0.25, 0.3) is 0 Å². The maximum absolute atomic E-state index is 13.6. The molecule has 19 heavy (non-hydrogen) atoms. The van der Waals surface area contributed by atoms with E-state index in [1.54, 1.807) is 24.3 Å². The number of amides is 1. The Bertz CT molecular complexity index is 613. The highest BCUT2D eigenvalue weighted by molar-refractivity contribution is 6.17. The summed E-state index contributed by atoms with van der Waals surface area (Å²) in [6.07, 6.45) is 0. The number of halogens is 2. The zero-order valence-electron chi connectivity index (χ0n) is 10.4. The fraction of sp³-hybridized carbons (Fsp3) is 0.133. The van der Waals surface area contributed by atoms with Gasteiger partial charge in [0.05, 0.1) is 5.56 Å². The third kappa shape index (κ3) is 3.32. The lowest BCUT2D eigenvalue weighted by atomic mass is 10.1. The van der Waals surface area contributed by atoms with E-state index in [2.05, 4.69) is 5.32 Å². The number of hydrogen-bond acceptors (Lipinski definition) is 1. The first-order chi connectivity index (χ1) is 9.10. The molecule has 0 aliphatic rings. The zero-order valence-corrected chi connectivity index (χ0v) is 11.2. The summed E-state index contributed by atoms with van der Waals surface area (Å²) >= 11 is 5.73. The van der Waals surface area contributed by atoms with E-state index in [1.807, 2.05) is 13.0 Å². The van der Waals surface area contributed by atoms with Gasteiger partial charge < -0.3 is 5.32 Å². The van der Waals surface area contributed by atoms with Crippen LogP contribution in [0.5, 0.6) is 0 Å². The smallest absolute Gasteiger partial charge is 0.258 e. The monoisotopic (exact) mass is 277 g/mol. The van der Waals surface area contributed by atoms with E-state index in [4.69, 9.17) is 11.6 Å². The molecule has 0 aromatic heterocycles. The Morgan fingerprint density at radius 3 is 2.79 bits per heavy atom. The third-order valence-corrected chi connectivity index (χ3v) is 3.01. The van der Waals surface area contributed by atoms with Gasteiger partial charge in [-0.3, -0.25) is 4.79 Å². The molecule has 0 unspecified atom stereocenters. The molecule has 0 saturated carbocycles. The molecule has 0 heterocycles. The average molecular weight is 278 g/mol. The Labute approximate surface area is 116 Å². The van der Waals surface area contributed by atoms with Crippen molar-refractivity contribution in [1.82, 2.24) is 0 Å². The highest BCUT2D eigenvalue weighted by Gasteiger charge is 2.12. The molecular weight excluding hydrogens is 265 g/mol. The molecule has 0 bridgehead atoms. The van der Waals surface area contributed by atoms with E-state index in [1.165, 1.54) is 12.1 Å². The SMILES string of the molecule is Cc1ccc(F)c(C(=O)Nc2cccc(CCl)c2)c1. The van der Waals surface area contributed by atoms with E-state index in [9.17, 15) is 9.18 Å². The quantitative estimate of drug-likeness (QED) is 0.840. The minimum atomic E-state index is -0.531. The van der Waals surface area contributed by atoms with Gasteiger partial charge in [-0.05, 0) is 36.8 Å². The summed E-state index contributed by atoms with van der Waals surface area (Å²) in [6, 6.07) is 11.6. The molecule has 98 valence electrons. The summed E-state index contributed by atoms with van der Waals surface area (Å²) in [5, 5.41) is 2.66. The summed E-state index contributed by atoms with van der Waals surface area (Å²) in [4.78, 5) is 12.0. The van der Waals surface area contributed by atoms with E-state index in [0.29, 0.717) is 11.6 Å². The molecule has 0 atom stereocenters. The summed E-state index contributed by atoms with van der Waals surface area (Å²) in [5.41, 5.74) is 2.37. The number of rotatable bonds is 3. The van der Waals surface area contributed by atoms with Gasteiger partial charge in [0.15, 0.2) is 0 Å². The van der Waals surface area contributed by atoms with Gasteiger partial charge in [0.2, 0.25) is 0 Å². The highest BCUT2D eigenvalue weighted by atomic mass is 35.5. The lowest BCUT2D eigenvalue weighted by molar-refractivity contribution is 0.102. The lowest BCUT2D eigenvalue weighted by Crippen LogP contribution is -2.14. The van der Waals surface area contributed by atoms with Crippen LogP contribution >= 0.6 is 11.6 Å². The van der Waals surface area contributed by atoms with Gasteiger partial charge >= 0.3 is 0 Å². The van der Waals surface area contributed by atoms with E-state index >= 15 is 0 Å². The standard InChI is InChI=1S/C15H13ClFNO/c1-10-5-6-14(17)13(7-10)15(19)18-12-4-2-3-11(8-12)9-16/h2-8H,9H2,1H3,(H,18,19). The first kappa shape index (κ1) is 13.6. The van der Waals surface area contributed by atoms with Crippen LogP contribution < -0.4 is 5.32 Å². The van der Waals surface area contributed by atoms with Crippen LogP contribution in [0.15, 0.2) is 42.5 Å². The van der Waals surface area contributed by atoms with Crippen LogP contribution in [-0.4, -0.2) is 5.91 Å². The van der Waals surface area contributed by atoms with Gasteiger partial charge in [0.25, 0.3) is 5.91 Å². The molecule has 0 saturated heterocycles. The van der Waals surface area contributed by atoms with Crippen molar-refractivity contribution in [2.45, 2.75) is 12.8 Å². The van der Waals surface area contributed by atoms with Gasteiger partial charge in [-0.2, -0.15) is 0 Å². The Kier molecular flexibility index (Phi) is 4.17. The van der Waals surface area contributed by atoms with Gasteiger partial charge in [0.1, 0.15) is 5.82 Å².